The lowest BCUT2D eigenvalue weighted by atomic mass is 9.79. The molecule has 0 radical (unpaired) electrons. The molecule has 1 fully saturated rings. The van der Waals surface area contributed by atoms with Crippen molar-refractivity contribution in [2.75, 3.05) is 0 Å². The summed E-state index contributed by atoms with van der Waals surface area (Å²) in [5.41, 5.74) is 7.37. The van der Waals surface area contributed by atoms with Crippen molar-refractivity contribution in [3.63, 3.8) is 0 Å². The van der Waals surface area contributed by atoms with E-state index in [1.165, 1.54) is 54.1 Å². The lowest BCUT2D eigenvalue weighted by Crippen LogP contribution is -2.75. The summed E-state index contributed by atoms with van der Waals surface area (Å²) < 4.78 is 13.3. The molecule has 1 heterocycles. The molecule has 0 unspecified atom stereocenters. The first-order valence-electron chi connectivity index (χ1n) is 18.2. The molecular formula is C48H43BO2Si. The van der Waals surface area contributed by atoms with Gasteiger partial charge in [0.15, 0.2) is 8.07 Å². The van der Waals surface area contributed by atoms with Crippen LogP contribution in [0.15, 0.2) is 188 Å². The van der Waals surface area contributed by atoms with Gasteiger partial charge in [-0.1, -0.05) is 188 Å². The second-order valence-electron chi connectivity index (χ2n) is 14.8. The Hall–Kier alpha value is -5.26. The Morgan fingerprint density at radius 3 is 1.02 bits per heavy atom. The first kappa shape index (κ1) is 33.9. The predicted molar refractivity (Wildman–Crippen MR) is 222 cm³/mol. The van der Waals surface area contributed by atoms with Crippen LogP contribution in [0, 0.1) is 0 Å². The molecule has 8 rings (SSSR count). The molecule has 1 aliphatic rings. The molecule has 0 aliphatic carbocycles. The van der Waals surface area contributed by atoms with Gasteiger partial charge in [0.1, 0.15) is 0 Å². The lowest BCUT2D eigenvalue weighted by molar-refractivity contribution is 0.00578. The molecule has 7 aromatic carbocycles. The lowest BCUT2D eigenvalue weighted by Gasteiger charge is -2.36. The van der Waals surface area contributed by atoms with Gasteiger partial charge in [-0.05, 0) is 87.3 Å². The molecule has 52 heavy (non-hydrogen) atoms. The van der Waals surface area contributed by atoms with Crippen molar-refractivity contribution in [3.05, 3.63) is 188 Å². The van der Waals surface area contributed by atoms with Crippen LogP contribution in [0.3, 0.4) is 0 Å². The van der Waals surface area contributed by atoms with Gasteiger partial charge < -0.3 is 9.31 Å². The zero-order chi connectivity index (χ0) is 35.8. The number of hydrogen-bond acceptors (Lipinski definition) is 2. The summed E-state index contributed by atoms with van der Waals surface area (Å²) in [5.74, 6) is 0. The van der Waals surface area contributed by atoms with Crippen molar-refractivity contribution in [2.45, 2.75) is 38.9 Å². The minimum Gasteiger partial charge on any atom is -0.399 e. The maximum Gasteiger partial charge on any atom is 0.494 e. The fraction of sp³-hybridized carbons (Fsp3) is 0.125. The second-order valence-corrected chi connectivity index (χ2v) is 18.6. The van der Waals surface area contributed by atoms with Crippen molar-refractivity contribution < 1.29 is 9.31 Å². The van der Waals surface area contributed by atoms with Crippen LogP contribution >= 0.6 is 0 Å². The summed E-state index contributed by atoms with van der Waals surface area (Å²) >= 11 is 0. The molecule has 254 valence electrons. The maximum absolute atomic E-state index is 6.66. The first-order valence-corrected chi connectivity index (χ1v) is 20.2. The third-order valence-corrected chi connectivity index (χ3v) is 15.8. The van der Waals surface area contributed by atoms with E-state index in [-0.39, 0.29) is 0 Å². The van der Waals surface area contributed by atoms with Gasteiger partial charge in [0, 0.05) is 0 Å². The van der Waals surface area contributed by atoms with E-state index in [1.807, 2.05) is 0 Å². The first-order chi connectivity index (χ1) is 25.2. The van der Waals surface area contributed by atoms with E-state index in [4.69, 9.17) is 9.31 Å². The Labute approximate surface area is 309 Å². The monoisotopic (exact) mass is 690 g/mol. The molecule has 0 bridgehead atoms. The minimum absolute atomic E-state index is 0.444. The summed E-state index contributed by atoms with van der Waals surface area (Å²) in [5, 5.41) is 5.22. The summed E-state index contributed by atoms with van der Waals surface area (Å²) in [7, 11) is -3.53. The molecule has 0 saturated carbocycles. The van der Waals surface area contributed by atoms with Gasteiger partial charge in [-0.25, -0.2) is 0 Å². The van der Waals surface area contributed by atoms with Crippen molar-refractivity contribution in [1.82, 2.24) is 0 Å². The minimum atomic E-state index is -3.06. The average molecular weight is 691 g/mol. The van der Waals surface area contributed by atoms with Gasteiger partial charge in [0.05, 0.1) is 11.2 Å². The van der Waals surface area contributed by atoms with E-state index in [2.05, 4.69) is 216 Å². The van der Waals surface area contributed by atoms with E-state index >= 15 is 0 Å². The van der Waals surface area contributed by atoms with Crippen molar-refractivity contribution in [3.8, 4) is 33.4 Å². The van der Waals surface area contributed by atoms with Crippen LogP contribution < -0.4 is 26.2 Å². The van der Waals surface area contributed by atoms with Gasteiger partial charge in [-0.15, -0.1) is 0 Å². The van der Waals surface area contributed by atoms with E-state index in [0.717, 1.165) is 5.46 Å². The molecule has 1 saturated heterocycles. The van der Waals surface area contributed by atoms with E-state index in [9.17, 15) is 0 Å². The van der Waals surface area contributed by atoms with Crippen molar-refractivity contribution in [2.24, 2.45) is 0 Å². The number of benzene rings is 7. The molecule has 2 nitrogen and oxygen atoms in total. The highest BCUT2D eigenvalue weighted by molar-refractivity contribution is 7.20. The number of hydrogen-bond donors (Lipinski definition) is 0. The second kappa shape index (κ2) is 13.7. The summed E-state index contributed by atoms with van der Waals surface area (Å²) in [4.78, 5) is 0. The average Bonchev–Trinajstić information content (AvgIpc) is 3.42. The summed E-state index contributed by atoms with van der Waals surface area (Å²) in [6, 6.07) is 69.0. The smallest absolute Gasteiger partial charge is 0.399 e. The zero-order valence-electron chi connectivity index (χ0n) is 30.3. The summed E-state index contributed by atoms with van der Waals surface area (Å²) in [6.45, 7) is 8.48. The van der Waals surface area contributed by atoms with Crippen LogP contribution in [-0.4, -0.2) is 26.4 Å². The molecule has 0 amide bonds. The normalized spacial score (nSPS) is 15.0. The molecule has 0 N–H and O–H groups in total. The third kappa shape index (κ3) is 6.18. The topological polar surface area (TPSA) is 18.5 Å². The molecule has 0 aromatic heterocycles. The Morgan fingerprint density at radius 2 is 0.654 bits per heavy atom. The highest BCUT2D eigenvalue weighted by Crippen LogP contribution is 2.36. The van der Waals surface area contributed by atoms with Crippen LogP contribution in [0.5, 0.6) is 0 Å². The van der Waals surface area contributed by atoms with Crippen molar-refractivity contribution >= 4 is 41.4 Å². The Kier molecular flexibility index (Phi) is 8.92. The molecule has 4 heteroatoms. The van der Waals surface area contributed by atoms with Crippen molar-refractivity contribution in [1.29, 1.82) is 0 Å². The standard InChI is InChI=1S/C48H43BO2Si/c1-47(2)48(3,4)51-49(50-47)42-27-17-31-46(35-42)52(43-28-14-24-39(32-43)36-18-8-5-9-19-36,44-29-15-25-40(33-44)37-20-10-6-11-21-37)45-30-16-26-41(34-45)38-22-12-7-13-23-38/h5-35H,1-4H3. The Bertz CT molecular complexity index is 2100. The van der Waals surface area contributed by atoms with Gasteiger partial charge >= 0.3 is 7.12 Å². The molecular weight excluding hydrogens is 647 g/mol. The fourth-order valence-electron chi connectivity index (χ4n) is 7.59. The fourth-order valence-corrected chi connectivity index (χ4v) is 12.5. The van der Waals surface area contributed by atoms with Crippen LogP contribution in [-0.2, 0) is 9.31 Å². The Balaban J connectivity index is 1.44. The van der Waals surface area contributed by atoms with Crippen LogP contribution in [0.25, 0.3) is 33.4 Å². The molecule has 7 aromatic rings. The maximum atomic E-state index is 6.66. The van der Waals surface area contributed by atoms with Gasteiger partial charge in [-0.3, -0.25) is 0 Å². The largest absolute Gasteiger partial charge is 0.494 e. The highest BCUT2D eigenvalue weighted by atomic mass is 28.3. The third-order valence-electron chi connectivity index (χ3n) is 11.1. The Morgan fingerprint density at radius 1 is 0.346 bits per heavy atom. The van der Waals surface area contributed by atoms with Gasteiger partial charge in [0.2, 0.25) is 0 Å². The highest BCUT2D eigenvalue weighted by Gasteiger charge is 2.52. The molecule has 0 spiro atoms. The summed E-state index contributed by atoms with van der Waals surface area (Å²) in [6.07, 6.45) is 0. The number of rotatable bonds is 8. The molecule has 1 aliphatic heterocycles. The van der Waals surface area contributed by atoms with E-state index in [0.29, 0.717) is 0 Å². The van der Waals surface area contributed by atoms with Crippen LogP contribution in [0.2, 0.25) is 0 Å². The predicted octanol–water partition coefficient (Wildman–Crippen LogP) is 8.36. The zero-order valence-corrected chi connectivity index (χ0v) is 31.3. The van der Waals surface area contributed by atoms with Gasteiger partial charge in [-0.2, -0.15) is 0 Å². The van der Waals surface area contributed by atoms with Gasteiger partial charge in [0.25, 0.3) is 0 Å². The SMILES string of the molecule is CC1(C)OB(c2cccc([Si](c3cccc(-c4ccccc4)c3)(c3cccc(-c4ccccc4)c3)c3cccc(-c4ccccc4)c3)c2)OC1(C)C. The van der Waals surface area contributed by atoms with Crippen LogP contribution in [0.1, 0.15) is 27.7 Å². The van der Waals surface area contributed by atoms with E-state index < -0.39 is 26.4 Å². The quantitative estimate of drug-likeness (QED) is 0.118. The van der Waals surface area contributed by atoms with E-state index in [1.54, 1.807) is 0 Å². The van der Waals surface area contributed by atoms with Crippen LogP contribution in [0.4, 0.5) is 0 Å². The molecule has 0 atom stereocenters.